The van der Waals surface area contributed by atoms with Gasteiger partial charge in [-0.25, -0.2) is 23.4 Å². The van der Waals surface area contributed by atoms with Crippen molar-refractivity contribution in [3.63, 3.8) is 0 Å². The summed E-state index contributed by atoms with van der Waals surface area (Å²) in [6.45, 7) is 1.31. The van der Waals surface area contributed by atoms with Crippen LogP contribution in [0.2, 0.25) is 0 Å². The number of rotatable bonds is 8. The molecule has 192 valence electrons. The molecule has 0 bridgehead atoms. The maximum Gasteiger partial charge on any atom is 0.263 e. The monoisotopic (exact) mass is 528 g/mol. The van der Waals surface area contributed by atoms with Crippen molar-refractivity contribution < 1.29 is 17.9 Å². The lowest BCUT2D eigenvalue weighted by molar-refractivity contribution is 0.0254. The van der Waals surface area contributed by atoms with Crippen LogP contribution in [0.5, 0.6) is 5.75 Å². The first-order valence-electron chi connectivity index (χ1n) is 11.9. The van der Waals surface area contributed by atoms with Gasteiger partial charge in [0, 0.05) is 36.5 Å². The summed E-state index contributed by atoms with van der Waals surface area (Å²) in [5, 5.41) is 12.8. The normalized spacial score (nSPS) is 13.9. The number of sulfonamides is 1. The van der Waals surface area contributed by atoms with E-state index in [9.17, 15) is 13.7 Å². The molecule has 2 aromatic carbocycles. The number of anilines is 3. The summed E-state index contributed by atoms with van der Waals surface area (Å²) < 4.78 is 39.1. The number of benzene rings is 2. The van der Waals surface area contributed by atoms with Crippen LogP contribution in [0, 0.1) is 11.3 Å². The molecule has 1 aliphatic heterocycles. The Morgan fingerprint density at radius 1 is 0.974 bits per heavy atom. The lowest BCUT2D eigenvalue weighted by Crippen LogP contribution is -2.26. The molecule has 0 spiro atoms. The molecular formula is C27H24N6O4S. The van der Waals surface area contributed by atoms with Gasteiger partial charge in [0.1, 0.15) is 23.7 Å². The zero-order chi connectivity index (χ0) is 26.4. The molecule has 1 saturated heterocycles. The topological polar surface area (TPSA) is 139 Å². The van der Waals surface area contributed by atoms with Crippen molar-refractivity contribution in [3.8, 4) is 23.1 Å². The van der Waals surface area contributed by atoms with E-state index in [1.807, 2.05) is 6.07 Å². The maximum atomic E-state index is 12.6. The molecule has 38 heavy (non-hydrogen) atoms. The molecule has 11 heteroatoms. The molecule has 10 nitrogen and oxygen atoms in total. The Labute approximate surface area is 220 Å². The Bertz CT molecular complexity index is 1550. The standard InChI is InChI=1S/C27H24N6O4S/c28-18-20-17-19(4-9-25(20)37-22-11-15-36-16-12-22)24-10-14-30-27(32-24)31-21-5-7-23(8-6-21)38(34,35)33-26-3-1-2-13-29-26/h1-10,13-14,17,22H,11-12,15-16H2,(H,29,33)(H,30,31,32). The van der Waals surface area contributed by atoms with Gasteiger partial charge in [-0.2, -0.15) is 5.26 Å². The average Bonchev–Trinajstić information content (AvgIpc) is 2.94. The molecule has 1 fully saturated rings. The molecule has 2 aromatic heterocycles. The number of nitrogens with one attached hydrogen (secondary N) is 2. The van der Waals surface area contributed by atoms with E-state index in [1.54, 1.807) is 54.7 Å². The first kappa shape index (κ1) is 25.1. The summed E-state index contributed by atoms with van der Waals surface area (Å²) in [6, 6.07) is 20.5. The van der Waals surface area contributed by atoms with E-state index in [0.29, 0.717) is 41.9 Å². The van der Waals surface area contributed by atoms with Crippen LogP contribution in [0.1, 0.15) is 18.4 Å². The minimum absolute atomic E-state index is 0.0312. The quantitative estimate of drug-likeness (QED) is 0.338. The van der Waals surface area contributed by atoms with Gasteiger partial charge in [-0.15, -0.1) is 0 Å². The van der Waals surface area contributed by atoms with Crippen molar-refractivity contribution >= 4 is 27.5 Å². The molecule has 0 amide bonds. The van der Waals surface area contributed by atoms with E-state index in [-0.39, 0.29) is 16.8 Å². The number of nitriles is 1. The van der Waals surface area contributed by atoms with Gasteiger partial charge >= 0.3 is 0 Å². The molecule has 3 heterocycles. The van der Waals surface area contributed by atoms with Crippen molar-refractivity contribution in [2.45, 2.75) is 23.8 Å². The fourth-order valence-corrected chi connectivity index (χ4v) is 4.91. The lowest BCUT2D eigenvalue weighted by Gasteiger charge is -2.23. The number of pyridine rings is 1. The van der Waals surface area contributed by atoms with Crippen LogP contribution in [-0.4, -0.2) is 42.7 Å². The van der Waals surface area contributed by atoms with E-state index in [4.69, 9.17) is 9.47 Å². The van der Waals surface area contributed by atoms with E-state index in [1.165, 1.54) is 18.3 Å². The van der Waals surface area contributed by atoms with Gasteiger partial charge in [-0.3, -0.25) is 4.72 Å². The average molecular weight is 529 g/mol. The fraction of sp³-hybridized carbons (Fsp3) is 0.185. The number of ether oxygens (including phenoxy) is 2. The van der Waals surface area contributed by atoms with Crippen LogP contribution in [0.15, 0.2) is 84.0 Å². The van der Waals surface area contributed by atoms with Crippen LogP contribution in [-0.2, 0) is 14.8 Å². The van der Waals surface area contributed by atoms with Crippen LogP contribution < -0.4 is 14.8 Å². The van der Waals surface area contributed by atoms with Crippen LogP contribution >= 0.6 is 0 Å². The predicted molar refractivity (Wildman–Crippen MR) is 141 cm³/mol. The molecule has 5 rings (SSSR count). The molecule has 1 aliphatic rings. The summed E-state index contributed by atoms with van der Waals surface area (Å²) in [5.41, 5.74) is 2.40. The summed E-state index contributed by atoms with van der Waals surface area (Å²) in [5.74, 6) is 1.11. The number of nitrogens with zero attached hydrogens (tertiary/aromatic N) is 4. The molecule has 0 atom stereocenters. The minimum atomic E-state index is -3.78. The number of aromatic nitrogens is 3. The SMILES string of the molecule is N#Cc1cc(-c2ccnc(Nc3ccc(S(=O)(=O)Nc4ccccn4)cc3)n2)ccc1OC1CCOCC1. The second-order valence-corrected chi connectivity index (χ2v) is 10.2. The summed E-state index contributed by atoms with van der Waals surface area (Å²) in [6.07, 6.45) is 4.74. The van der Waals surface area contributed by atoms with Crippen LogP contribution in [0.4, 0.5) is 17.5 Å². The lowest BCUT2D eigenvalue weighted by atomic mass is 10.1. The number of hydrogen-bond donors (Lipinski definition) is 2. The molecule has 0 saturated carbocycles. The maximum absolute atomic E-state index is 12.6. The van der Waals surface area contributed by atoms with Gasteiger partial charge in [0.05, 0.1) is 29.4 Å². The first-order chi connectivity index (χ1) is 18.5. The Hall–Kier alpha value is -4.53. The van der Waals surface area contributed by atoms with Gasteiger partial charge in [0.15, 0.2) is 0 Å². The predicted octanol–water partition coefficient (Wildman–Crippen LogP) is 4.51. The molecule has 0 aliphatic carbocycles. The smallest absolute Gasteiger partial charge is 0.263 e. The Balaban J connectivity index is 1.29. The third kappa shape index (κ3) is 6.05. The summed E-state index contributed by atoms with van der Waals surface area (Å²) in [4.78, 5) is 12.9. The molecule has 4 aromatic rings. The number of hydrogen-bond acceptors (Lipinski definition) is 9. The zero-order valence-corrected chi connectivity index (χ0v) is 21.1. The van der Waals surface area contributed by atoms with Gasteiger partial charge in [-0.05, 0) is 60.7 Å². The van der Waals surface area contributed by atoms with Gasteiger partial charge in [0.2, 0.25) is 5.95 Å². The van der Waals surface area contributed by atoms with Gasteiger partial charge in [0.25, 0.3) is 10.0 Å². The second kappa shape index (κ2) is 11.2. The van der Waals surface area contributed by atoms with Crippen molar-refractivity contribution in [3.05, 3.63) is 84.7 Å². The van der Waals surface area contributed by atoms with E-state index >= 15 is 0 Å². The van der Waals surface area contributed by atoms with E-state index in [0.717, 1.165) is 18.4 Å². The molecule has 0 radical (unpaired) electrons. The Morgan fingerprint density at radius 2 is 1.79 bits per heavy atom. The zero-order valence-electron chi connectivity index (χ0n) is 20.2. The second-order valence-electron chi connectivity index (χ2n) is 8.49. The minimum Gasteiger partial charge on any atom is -0.489 e. The third-order valence-electron chi connectivity index (χ3n) is 5.84. The van der Waals surface area contributed by atoms with Gasteiger partial charge in [-0.1, -0.05) is 6.07 Å². The highest BCUT2D eigenvalue weighted by atomic mass is 32.2. The first-order valence-corrected chi connectivity index (χ1v) is 13.4. The molecular weight excluding hydrogens is 504 g/mol. The highest BCUT2D eigenvalue weighted by molar-refractivity contribution is 7.92. The van der Waals surface area contributed by atoms with Gasteiger partial charge < -0.3 is 14.8 Å². The summed E-state index contributed by atoms with van der Waals surface area (Å²) >= 11 is 0. The highest BCUT2D eigenvalue weighted by Gasteiger charge is 2.18. The Morgan fingerprint density at radius 3 is 2.53 bits per heavy atom. The van der Waals surface area contributed by atoms with Crippen molar-refractivity contribution in [2.75, 3.05) is 23.3 Å². The third-order valence-corrected chi connectivity index (χ3v) is 7.21. The van der Waals surface area contributed by atoms with E-state index in [2.05, 4.69) is 31.1 Å². The Kier molecular flexibility index (Phi) is 7.44. The van der Waals surface area contributed by atoms with Crippen LogP contribution in [0.25, 0.3) is 11.3 Å². The van der Waals surface area contributed by atoms with Crippen molar-refractivity contribution in [1.82, 2.24) is 15.0 Å². The van der Waals surface area contributed by atoms with Crippen LogP contribution in [0.3, 0.4) is 0 Å². The molecule has 0 unspecified atom stereocenters. The fourth-order valence-electron chi connectivity index (χ4n) is 3.90. The largest absolute Gasteiger partial charge is 0.489 e. The molecule has 2 N–H and O–H groups in total. The van der Waals surface area contributed by atoms with Crippen molar-refractivity contribution in [1.29, 1.82) is 5.26 Å². The van der Waals surface area contributed by atoms with E-state index < -0.39 is 10.0 Å². The highest BCUT2D eigenvalue weighted by Crippen LogP contribution is 2.28. The summed E-state index contributed by atoms with van der Waals surface area (Å²) in [7, 11) is -3.78. The van der Waals surface area contributed by atoms with Crippen molar-refractivity contribution in [2.24, 2.45) is 0 Å².